The summed E-state index contributed by atoms with van der Waals surface area (Å²) < 4.78 is 11.5. The van der Waals surface area contributed by atoms with Gasteiger partial charge in [-0.15, -0.1) is 0 Å². The minimum absolute atomic E-state index is 0.111. The van der Waals surface area contributed by atoms with Gasteiger partial charge in [0.1, 0.15) is 17.5 Å². The summed E-state index contributed by atoms with van der Waals surface area (Å²) in [5, 5.41) is 15.6. The quantitative estimate of drug-likeness (QED) is 0.760. The zero-order chi connectivity index (χ0) is 18.4. The van der Waals surface area contributed by atoms with E-state index in [1.165, 1.54) is 13.2 Å². The molecule has 0 aliphatic heterocycles. The van der Waals surface area contributed by atoms with E-state index in [9.17, 15) is 9.59 Å². The van der Waals surface area contributed by atoms with Gasteiger partial charge >= 0.3 is 0 Å². The van der Waals surface area contributed by atoms with Crippen LogP contribution in [0.3, 0.4) is 0 Å². The fourth-order valence-electron chi connectivity index (χ4n) is 2.27. The third-order valence-electron chi connectivity index (χ3n) is 3.66. The van der Waals surface area contributed by atoms with E-state index in [0.29, 0.717) is 17.2 Å². The van der Waals surface area contributed by atoms with Crippen molar-refractivity contribution in [1.29, 1.82) is 0 Å². The SMILES string of the molecule is COc1ccc(-c2nn([C@H](C)C(=O)NCCO)c(=O)cc2OC)cc1. The van der Waals surface area contributed by atoms with Gasteiger partial charge < -0.3 is 19.9 Å². The molecule has 0 spiro atoms. The molecule has 1 amide bonds. The van der Waals surface area contributed by atoms with Gasteiger partial charge in [0.05, 0.1) is 20.8 Å². The number of ether oxygens (including phenoxy) is 2. The van der Waals surface area contributed by atoms with E-state index in [1.54, 1.807) is 38.3 Å². The Labute approximate surface area is 145 Å². The van der Waals surface area contributed by atoms with Crippen LogP contribution >= 0.6 is 0 Å². The van der Waals surface area contributed by atoms with Crippen LogP contribution in [0.4, 0.5) is 0 Å². The van der Waals surface area contributed by atoms with Crippen molar-refractivity contribution >= 4 is 5.91 Å². The molecule has 0 radical (unpaired) electrons. The first-order chi connectivity index (χ1) is 12.0. The summed E-state index contributed by atoms with van der Waals surface area (Å²) in [7, 11) is 3.02. The highest BCUT2D eigenvalue weighted by Crippen LogP contribution is 2.28. The average Bonchev–Trinajstić information content (AvgIpc) is 2.65. The van der Waals surface area contributed by atoms with E-state index in [4.69, 9.17) is 14.6 Å². The maximum Gasteiger partial charge on any atom is 0.271 e. The molecule has 0 unspecified atom stereocenters. The number of hydrogen-bond donors (Lipinski definition) is 2. The van der Waals surface area contributed by atoms with Gasteiger partial charge in [0.15, 0.2) is 5.75 Å². The zero-order valence-electron chi connectivity index (χ0n) is 14.4. The van der Waals surface area contributed by atoms with Gasteiger partial charge in [0, 0.05) is 18.2 Å². The molecule has 1 aromatic heterocycles. The van der Waals surface area contributed by atoms with Crippen molar-refractivity contribution in [1.82, 2.24) is 15.1 Å². The number of rotatable bonds is 7. The van der Waals surface area contributed by atoms with Crippen molar-refractivity contribution in [2.24, 2.45) is 0 Å². The number of carbonyl (C=O) groups excluding carboxylic acids is 1. The molecule has 8 nitrogen and oxygen atoms in total. The van der Waals surface area contributed by atoms with Crippen LogP contribution in [0, 0.1) is 0 Å². The van der Waals surface area contributed by atoms with Gasteiger partial charge in [-0.1, -0.05) is 0 Å². The lowest BCUT2D eigenvalue weighted by Crippen LogP contribution is -2.38. The minimum Gasteiger partial charge on any atom is -0.497 e. The number of carbonyl (C=O) groups is 1. The maximum absolute atomic E-state index is 12.3. The third kappa shape index (κ3) is 4.16. The predicted molar refractivity (Wildman–Crippen MR) is 91.8 cm³/mol. The Morgan fingerprint density at radius 1 is 1.28 bits per heavy atom. The number of aliphatic hydroxyl groups is 1. The average molecular weight is 347 g/mol. The number of methoxy groups -OCH3 is 2. The Kier molecular flexibility index (Phi) is 6.13. The van der Waals surface area contributed by atoms with Crippen LogP contribution in [0.1, 0.15) is 13.0 Å². The highest BCUT2D eigenvalue weighted by molar-refractivity contribution is 5.79. The Hall–Kier alpha value is -2.87. The molecule has 2 N–H and O–H groups in total. The summed E-state index contributed by atoms with van der Waals surface area (Å²) in [5.74, 6) is 0.594. The first-order valence-corrected chi connectivity index (χ1v) is 7.72. The number of aliphatic hydroxyl groups excluding tert-OH is 1. The molecule has 0 aliphatic rings. The van der Waals surface area contributed by atoms with Crippen LogP contribution in [0.5, 0.6) is 11.5 Å². The summed E-state index contributed by atoms with van der Waals surface area (Å²) in [6.45, 7) is 1.49. The number of nitrogens with one attached hydrogen (secondary N) is 1. The van der Waals surface area contributed by atoms with Gasteiger partial charge in [0.2, 0.25) is 5.91 Å². The second-order valence-electron chi connectivity index (χ2n) is 5.26. The van der Waals surface area contributed by atoms with Gasteiger partial charge in [-0.05, 0) is 31.2 Å². The summed E-state index contributed by atoms with van der Waals surface area (Å²) in [6, 6.07) is 7.57. The van der Waals surface area contributed by atoms with Crippen LogP contribution < -0.4 is 20.3 Å². The molecule has 1 heterocycles. The molecule has 8 heteroatoms. The van der Waals surface area contributed by atoms with E-state index in [-0.39, 0.29) is 13.2 Å². The Morgan fingerprint density at radius 2 is 1.96 bits per heavy atom. The molecule has 134 valence electrons. The molecule has 0 aliphatic carbocycles. The molecule has 25 heavy (non-hydrogen) atoms. The number of hydrogen-bond acceptors (Lipinski definition) is 6. The van der Waals surface area contributed by atoms with Gasteiger partial charge in [-0.2, -0.15) is 5.10 Å². The van der Waals surface area contributed by atoms with Gasteiger partial charge in [-0.25, -0.2) is 4.68 Å². The number of aromatic nitrogens is 2. The van der Waals surface area contributed by atoms with Crippen molar-refractivity contribution in [2.75, 3.05) is 27.4 Å². The molecular formula is C17H21N3O5. The third-order valence-corrected chi connectivity index (χ3v) is 3.66. The predicted octanol–water partition coefficient (Wildman–Crippen LogP) is 0.597. The van der Waals surface area contributed by atoms with Crippen molar-refractivity contribution in [3.63, 3.8) is 0 Å². The fourth-order valence-corrected chi connectivity index (χ4v) is 2.27. The summed E-state index contributed by atoms with van der Waals surface area (Å²) in [6.07, 6.45) is 0. The summed E-state index contributed by atoms with van der Waals surface area (Å²) >= 11 is 0. The second kappa shape index (κ2) is 8.29. The van der Waals surface area contributed by atoms with E-state index in [2.05, 4.69) is 10.4 Å². The van der Waals surface area contributed by atoms with Crippen molar-refractivity contribution < 1.29 is 19.4 Å². The summed E-state index contributed by atoms with van der Waals surface area (Å²) in [4.78, 5) is 24.3. The van der Waals surface area contributed by atoms with E-state index >= 15 is 0 Å². The van der Waals surface area contributed by atoms with Crippen molar-refractivity contribution in [2.45, 2.75) is 13.0 Å². The molecule has 1 atom stereocenters. The number of benzene rings is 1. The highest BCUT2D eigenvalue weighted by atomic mass is 16.5. The van der Waals surface area contributed by atoms with Crippen LogP contribution in [-0.2, 0) is 4.79 Å². The lowest BCUT2D eigenvalue weighted by atomic mass is 10.1. The first kappa shape index (κ1) is 18.5. The molecule has 2 aromatic rings. The highest BCUT2D eigenvalue weighted by Gasteiger charge is 2.20. The molecule has 1 aromatic carbocycles. The Balaban J connectivity index is 2.45. The molecule has 0 fully saturated rings. The maximum atomic E-state index is 12.3. The molecular weight excluding hydrogens is 326 g/mol. The second-order valence-corrected chi connectivity index (χ2v) is 5.26. The Morgan fingerprint density at radius 3 is 2.52 bits per heavy atom. The summed E-state index contributed by atoms with van der Waals surface area (Å²) in [5.41, 5.74) is 0.696. The largest absolute Gasteiger partial charge is 0.497 e. The van der Waals surface area contributed by atoms with Crippen LogP contribution in [-0.4, -0.2) is 48.2 Å². The van der Waals surface area contributed by atoms with Gasteiger partial charge in [-0.3, -0.25) is 9.59 Å². The Bertz CT molecular complexity index is 786. The van der Waals surface area contributed by atoms with Crippen molar-refractivity contribution in [3.05, 3.63) is 40.7 Å². The molecule has 0 bridgehead atoms. The van der Waals surface area contributed by atoms with Crippen LogP contribution in [0.15, 0.2) is 35.1 Å². The lowest BCUT2D eigenvalue weighted by molar-refractivity contribution is -0.124. The monoisotopic (exact) mass is 347 g/mol. The van der Waals surface area contributed by atoms with E-state index in [0.717, 1.165) is 10.2 Å². The van der Waals surface area contributed by atoms with Crippen LogP contribution in [0.25, 0.3) is 11.3 Å². The standard InChI is InChI=1S/C17H21N3O5/c1-11(17(23)18-8-9-21)20-15(22)10-14(25-3)16(19-20)12-4-6-13(24-2)7-5-12/h4-7,10-11,21H,8-9H2,1-3H3,(H,18,23)/t11-/m1/s1. The lowest BCUT2D eigenvalue weighted by Gasteiger charge is -2.16. The van der Waals surface area contributed by atoms with Crippen molar-refractivity contribution in [3.8, 4) is 22.8 Å². The first-order valence-electron chi connectivity index (χ1n) is 7.72. The van der Waals surface area contributed by atoms with Crippen LogP contribution in [0.2, 0.25) is 0 Å². The van der Waals surface area contributed by atoms with Gasteiger partial charge in [0.25, 0.3) is 5.56 Å². The molecule has 0 saturated carbocycles. The molecule has 0 saturated heterocycles. The number of amides is 1. The fraction of sp³-hybridized carbons (Fsp3) is 0.353. The normalized spacial score (nSPS) is 11.7. The topological polar surface area (TPSA) is 103 Å². The number of nitrogens with zero attached hydrogens (tertiary/aromatic N) is 2. The smallest absolute Gasteiger partial charge is 0.271 e. The molecule has 2 rings (SSSR count). The van der Waals surface area contributed by atoms with E-state index in [1.807, 2.05) is 0 Å². The van der Waals surface area contributed by atoms with E-state index < -0.39 is 17.5 Å². The zero-order valence-corrected chi connectivity index (χ0v) is 14.4. The minimum atomic E-state index is -0.832.